The summed E-state index contributed by atoms with van der Waals surface area (Å²) in [7, 11) is 0. The van der Waals surface area contributed by atoms with Crippen LogP contribution < -0.4 is 10.2 Å². The van der Waals surface area contributed by atoms with Crippen LogP contribution in [0.4, 0.5) is 0 Å². The third-order valence-corrected chi connectivity index (χ3v) is 0. The van der Waals surface area contributed by atoms with E-state index < -0.39 is 11.9 Å². The van der Waals surface area contributed by atoms with Crippen molar-refractivity contribution in [2.75, 3.05) is 0 Å². The maximum Gasteiger partial charge on any atom is 2.00 e. The molecule has 0 amide bonds. The average molecular weight is 241 g/mol. The molecule has 5 heteroatoms. The molecule has 0 unspecified atom stereocenters. The monoisotopic (exact) mass is 242 g/mol. The van der Waals surface area contributed by atoms with Gasteiger partial charge in [0.1, 0.15) is 0 Å². The summed E-state index contributed by atoms with van der Waals surface area (Å²) in [6, 6.07) is 0. The standard InChI is InChI=1S/2C2H4O2.Sn.2H2/c2*1-2(3)4;;;/h2*1H3,(H,3,4);;2*1H/q;;+2;;/p-2. The van der Waals surface area contributed by atoms with Gasteiger partial charge in [-0.05, 0) is 13.8 Å². The molecular weight excluding hydrogens is 231 g/mol. The van der Waals surface area contributed by atoms with Crippen molar-refractivity contribution >= 4 is 35.8 Å². The van der Waals surface area contributed by atoms with Gasteiger partial charge in [-0.2, -0.15) is 0 Å². The molecule has 0 atom stereocenters. The van der Waals surface area contributed by atoms with Gasteiger partial charge in [0.2, 0.25) is 0 Å². The molecule has 0 fully saturated rings. The zero-order chi connectivity index (χ0) is 7.15. The van der Waals surface area contributed by atoms with Gasteiger partial charge in [0.05, 0.1) is 0 Å². The van der Waals surface area contributed by atoms with Crippen molar-refractivity contribution < 1.29 is 22.7 Å². The second kappa shape index (κ2) is 10.7. The van der Waals surface area contributed by atoms with Crippen molar-refractivity contribution in [1.82, 2.24) is 0 Å². The topological polar surface area (TPSA) is 80.3 Å². The van der Waals surface area contributed by atoms with Crippen LogP contribution >= 0.6 is 0 Å². The molecule has 0 N–H and O–H groups in total. The van der Waals surface area contributed by atoms with E-state index >= 15 is 0 Å². The predicted molar refractivity (Wildman–Crippen MR) is 31.3 cm³/mol. The fourth-order valence-corrected chi connectivity index (χ4v) is 0. The van der Waals surface area contributed by atoms with Gasteiger partial charge >= 0.3 is 23.9 Å². The van der Waals surface area contributed by atoms with E-state index in [0.717, 1.165) is 13.8 Å². The normalized spacial score (nSPS) is 5.56. The Kier molecular flexibility index (Phi) is 18.8. The van der Waals surface area contributed by atoms with Crippen LogP contribution in [0.15, 0.2) is 0 Å². The van der Waals surface area contributed by atoms with Crippen LogP contribution in [-0.2, 0) is 9.59 Å². The van der Waals surface area contributed by atoms with E-state index in [2.05, 4.69) is 0 Å². The van der Waals surface area contributed by atoms with Gasteiger partial charge in [-0.25, -0.2) is 0 Å². The first-order chi connectivity index (χ1) is 3.46. The van der Waals surface area contributed by atoms with Crippen molar-refractivity contribution in [1.29, 1.82) is 0 Å². The van der Waals surface area contributed by atoms with Crippen molar-refractivity contribution in [2.24, 2.45) is 0 Å². The van der Waals surface area contributed by atoms with Gasteiger partial charge in [0.25, 0.3) is 0 Å². The SMILES string of the molecule is CC(=O)[O-].CC(=O)[O-].[HH].[HH].[Sn+2]. The summed E-state index contributed by atoms with van der Waals surface area (Å²) in [6.07, 6.45) is 0. The smallest absolute Gasteiger partial charge is 0.550 e. The molecular formula is C4H10O4Sn. The Labute approximate surface area is 72.8 Å². The molecule has 0 rings (SSSR count). The van der Waals surface area contributed by atoms with E-state index in [-0.39, 0.29) is 26.8 Å². The third-order valence-electron chi connectivity index (χ3n) is 0. The van der Waals surface area contributed by atoms with Crippen LogP contribution in [0.5, 0.6) is 0 Å². The minimum atomic E-state index is -1.08. The molecule has 0 heterocycles. The molecule has 0 spiro atoms. The molecule has 0 aromatic heterocycles. The summed E-state index contributed by atoms with van der Waals surface area (Å²) in [5, 5.41) is 17.8. The van der Waals surface area contributed by atoms with Gasteiger partial charge in [0, 0.05) is 14.8 Å². The summed E-state index contributed by atoms with van der Waals surface area (Å²) in [5.41, 5.74) is 0. The molecule has 0 aliphatic heterocycles. The van der Waals surface area contributed by atoms with E-state index in [1.807, 2.05) is 0 Å². The Hall–Kier alpha value is -0.261. The minimum absolute atomic E-state index is 0. The maximum absolute atomic E-state index is 8.89. The first-order valence-corrected chi connectivity index (χ1v) is 1.82. The fourth-order valence-electron chi connectivity index (χ4n) is 0. The van der Waals surface area contributed by atoms with Crippen LogP contribution in [0.3, 0.4) is 0 Å². The molecule has 54 valence electrons. The quantitative estimate of drug-likeness (QED) is 0.443. The maximum atomic E-state index is 8.89. The van der Waals surface area contributed by atoms with Gasteiger partial charge in [-0.1, -0.05) is 0 Å². The third kappa shape index (κ3) is 3730. The Bertz CT molecular complexity index is 78.1. The van der Waals surface area contributed by atoms with Crippen molar-refractivity contribution in [3.05, 3.63) is 0 Å². The Morgan fingerprint density at radius 2 is 1.11 bits per heavy atom. The van der Waals surface area contributed by atoms with Gasteiger partial charge in [-0.15, -0.1) is 0 Å². The number of hydrogen-bond acceptors (Lipinski definition) is 4. The zero-order valence-corrected chi connectivity index (χ0v) is 7.99. The summed E-state index contributed by atoms with van der Waals surface area (Å²) >= 11 is 0. The number of hydrogen-bond donors (Lipinski definition) is 0. The number of carboxylic acid groups (broad SMARTS) is 2. The van der Waals surface area contributed by atoms with Crippen LogP contribution in [0.25, 0.3) is 0 Å². The average Bonchev–Trinajstić information content (AvgIpc) is 1.25. The van der Waals surface area contributed by atoms with Crippen molar-refractivity contribution in [2.45, 2.75) is 13.8 Å². The summed E-state index contributed by atoms with van der Waals surface area (Å²) in [6.45, 7) is 1.94. The first-order valence-electron chi connectivity index (χ1n) is 1.82. The van der Waals surface area contributed by atoms with E-state index in [1.165, 1.54) is 0 Å². The largest absolute Gasteiger partial charge is 2.00 e. The molecule has 2 radical (unpaired) electrons. The number of carboxylic acids is 2. The van der Waals surface area contributed by atoms with Crippen LogP contribution in [0, 0.1) is 0 Å². The number of carbonyl (C=O) groups excluding carboxylic acids is 2. The van der Waals surface area contributed by atoms with Gasteiger partial charge in [-0.3, -0.25) is 0 Å². The molecule has 0 aliphatic rings. The van der Waals surface area contributed by atoms with E-state index in [9.17, 15) is 0 Å². The molecule has 0 aromatic rings. The van der Waals surface area contributed by atoms with Crippen LogP contribution in [0.2, 0.25) is 0 Å². The Balaban J connectivity index is -0.0000000171. The molecule has 0 saturated heterocycles. The Morgan fingerprint density at radius 3 is 1.11 bits per heavy atom. The van der Waals surface area contributed by atoms with Gasteiger partial charge in [0.15, 0.2) is 0 Å². The second-order valence-electron chi connectivity index (χ2n) is 0.983. The fraction of sp³-hybridized carbons (Fsp3) is 0.500. The molecule has 0 aromatic carbocycles. The van der Waals surface area contributed by atoms with Crippen LogP contribution in [0.1, 0.15) is 16.7 Å². The minimum Gasteiger partial charge on any atom is -0.550 e. The van der Waals surface area contributed by atoms with E-state index in [4.69, 9.17) is 19.8 Å². The summed E-state index contributed by atoms with van der Waals surface area (Å²) in [4.78, 5) is 17.8. The first kappa shape index (κ1) is 15.9. The predicted octanol–water partition coefficient (Wildman–Crippen LogP) is -2.38. The van der Waals surface area contributed by atoms with Crippen molar-refractivity contribution in [3.8, 4) is 0 Å². The zero-order valence-electron chi connectivity index (χ0n) is 5.13. The molecule has 0 aliphatic carbocycles. The Morgan fingerprint density at radius 1 is 1.11 bits per heavy atom. The molecule has 0 saturated carbocycles. The van der Waals surface area contributed by atoms with E-state index in [0.29, 0.717) is 0 Å². The number of carbonyl (C=O) groups is 2. The van der Waals surface area contributed by atoms with Crippen molar-refractivity contribution in [3.63, 3.8) is 0 Å². The van der Waals surface area contributed by atoms with Gasteiger partial charge < -0.3 is 19.8 Å². The van der Waals surface area contributed by atoms with E-state index in [1.54, 1.807) is 0 Å². The summed E-state index contributed by atoms with van der Waals surface area (Å²) < 4.78 is 0. The number of rotatable bonds is 0. The molecule has 0 bridgehead atoms. The number of aliphatic carboxylic acids is 2. The molecule has 9 heavy (non-hydrogen) atoms. The second-order valence-corrected chi connectivity index (χ2v) is 0.983. The molecule has 4 nitrogen and oxygen atoms in total. The summed E-state index contributed by atoms with van der Waals surface area (Å²) in [5.74, 6) is -2.17. The van der Waals surface area contributed by atoms with Crippen LogP contribution in [-0.4, -0.2) is 35.8 Å².